The molecule has 3 amide bonds. The van der Waals surface area contributed by atoms with Crippen molar-refractivity contribution in [3.05, 3.63) is 89.8 Å². The van der Waals surface area contributed by atoms with Crippen molar-refractivity contribution in [2.75, 3.05) is 33.9 Å². The van der Waals surface area contributed by atoms with Gasteiger partial charge in [0.25, 0.3) is 12.4 Å². The van der Waals surface area contributed by atoms with Crippen LogP contribution in [0, 0.1) is 17.3 Å². The summed E-state index contributed by atoms with van der Waals surface area (Å²) in [7, 11) is 3.33. The molecule has 0 aliphatic carbocycles. The topological polar surface area (TPSA) is 173 Å². The standard InChI is InChI=1S/C50H64N8O7/c1-9-57-42-15-14-34(25-39(42)40(27-50(5,6)29-65-30-59)46(57)38-13-12-16-52-44(38)32(4)64-8)35-21-33(22-37(60)24-35)23-41(49(63)58-19-11-10-17-53-58)54-47(61)45(31(2)3)55(7)48(62)36-26-43-51-18-20-56(43)28-36/h12-16,18,20-22,24-25,30-32,36,41,45,53,60H,9-11,17,19,23,26-29H2,1-8H3,(H,54,61). The Morgan fingerprint density at radius 3 is 2.55 bits per heavy atom. The van der Waals surface area contributed by atoms with Gasteiger partial charge in [-0.1, -0.05) is 39.8 Å². The number of imidazole rings is 1. The van der Waals surface area contributed by atoms with Crippen LogP contribution < -0.4 is 10.7 Å². The zero-order valence-corrected chi connectivity index (χ0v) is 39.0. The van der Waals surface area contributed by atoms with Crippen molar-refractivity contribution in [2.24, 2.45) is 17.3 Å². The first-order chi connectivity index (χ1) is 31.1. The molecule has 0 radical (unpaired) electrons. The van der Waals surface area contributed by atoms with Crippen LogP contribution in [0.25, 0.3) is 33.3 Å². The number of hydrazine groups is 1. The van der Waals surface area contributed by atoms with Gasteiger partial charge in [0.1, 0.15) is 23.7 Å². The molecular weight excluding hydrogens is 825 g/mol. The second-order valence-corrected chi connectivity index (χ2v) is 18.7. The van der Waals surface area contributed by atoms with E-state index in [2.05, 4.69) is 59.3 Å². The van der Waals surface area contributed by atoms with Crippen LogP contribution in [0.2, 0.25) is 0 Å². The SMILES string of the molecule is CCn1c(-c2cccnc2C(C)OC)c(CC(C)(C)COC=O)c2cc(-c3cc(O)cc(CC(NC(=O)C(C(C)C)N(C)C(=O)C4Cc5nccn5C4)C(=O)N4CCCCN4)c3)ccc21. The van der Waals surface area contributed by atoms with E-state index in [1.807, 2.05) is 49.7 Å². The van der Waals surface area contributed by atoms with E-state index in [-0.39, 0.29) is 48.5 Å². The van der Waals surface area contributed by atoms with Crippen molar-refractivity contribution in [3.63, 3.8) is 0 Å². The molecule has 15 nitrogen and oxygen atoms in total. The highest BCUT2D eigenvalue weighted by Crippen LogP contribution is 2.42. The number of nitrogens with one attached hydrogen (secondary N) is 2. The molecule has 3 aromatic heterocycles. The molecule has 0 saturated carbocycles. The number of rotatable bonds is 18. The third kappa shape index (κ3) is 10.1. The van der Waals surface area contributed by atoms with Gasteiger partial charge in [0.15, 0.2) is 0 Å². The van der Waals surface area contributed by atoms with Crippen LogP contribution in [0.1, 0.15) is 83.1 Å². The molecule has 4 atom stereocenters. The number of aromatic hydroxyl groups is 1. The number of phenolic OH excluding ortho intramolecular Hbond substituents is 1. The van der Waals surface area contributed by atoms with Gasteiger partial charge in [0.2, 0.25) is 11.8 Å². The van der Waals surface area contributed by atoms with Gasteiger partial charge in [0, 0.05) is 93.7 Å². The highest BCUT2D eigenvalue weighted by molar-refractivity contribution is 5.96. The van der Waals surface area contributed by atoms with E-state index in [9.17, 15) is 24.3 Å². The van der Waals surface area contributed by atoms with Gasteiger partial charge in [-0.15, -0.1) is 0 Å². The largest absolute Gasteiger partial charge is 0.508 e. The normalized spacial score (nSPS) is 16.6. The minimum atomic E-state index is -1.00. The number of phenols is 1. The Hall–Kier alpha value is -6.06. The highest BCUT2D eigenvalue weighted by Gasteiger charge is 2.38. The molecule has 346 valence electrons. The van der Waals surface area contributed by atoms with Gasteiger partial charge in [-0.2, -0.15) is 0 Å². The van der Waals surface area contributed by atoms with Crippen molar-refractivity contribution < 1.29 is 33.8 Å². The summed E-state index contributed by atoms with van der Waals surface area (Å²) in [5.41, 5.74) is 9.83. The molecule has 4 unspecified atom stereocenters. The van der Waals surface area contributed by atoms with E-state index in [1.165, 1.54) is 4.90 Å². The summed E-state index contributed by atoms with van der Waals surface area (Å²) < 4.78 is 15.4. The summed E-state index contributed by atoms with van der Waals surface area (Å²) in [6, 6.07) is 13.7. The van der Waals surface area contributed by atoms with E-state index in [1.54, 1.807) is 43.7 Å². The summed E-state index contributed by atoms with van der Waals surface area (Å²) in [6.45, 7) is 15.0. The Balaban J connectivity index is 1.25. The average Bonchev–Trinajstić information content (AvgIpc) is 4.00. The number of aryl methyl sites for hydroxylation is 1. The van der Waals surface area contributed by atoms with Gasteiger partial charge in [-0.3, -0.25) is 29.2 Å². The van der Waals surface area contributed by atoms with Crippen LogP contribution in [0.5, 0.6) is 5.75 Å². The highest BCUT2D eigenvalue weighted by atomic mass is 16.5. The third-order valence-electron chi connectivity index (χ3n) is 12.9. The number of benzene rings is 2. The lowest BCUT2D eigenvalue weighted by molar-refractivity contribution is -0.146. The van der Waals surface area contributed by atoms with Crippen LogP contribution in [-0.4, -0.2) is 104 Å². The molecule has 2 aromatic carbocycles. The van der Waals surface area contributed by atoms with Crippen LogP contribution in [0.4, 0.5) is 0 Å². The summed E-state index contributed by atoms with van der Waals surface area (Å²) in [5.74, 6) is -0.589. The Labute approximate surface area is 381 Å². The molecule has 2 aliphatic rings. The van der Waals surface area contributed by atoms with Crippen molar-refractivity contribution in [3.8, 4) is 28.1 Å². The molecule has 0 spiro atoms. The van der Waals surface area contributed by atoms with Crippen molar-refractivity contribution in [1.29, 1.82) is 0 Å². The van der Waals surface area contributed by atoms with Crippen molar-refractivity contribution >= 4 is 35.1 Å². The van der Waals surface area contributed by atoms with Crippen molar-refractivity contribution in [2.45, 2.75) is 105 Å². The van der Waals surface area contributed by atoms with Gasteiger partial charge in [-0.05, 0) is 97.7 Å². The summed E-state index contributed by atoms with van der Waals surface area (Å²) in [4.78, 5) is 64.6. The van der Waals surface area contributed by atoms with Crippen molar-refractivity contribution in [1.82, 2.24) is 39.8 Å². The quantitative estimate of drug-likeness (QED) is 0.0854. The lowest BCUT2D eigenvalue weighted by Gasteiger charge is -2.35. The molecule has 1 saturated heterocycles. The maximum atomic E-state index is 14.4. The number of ether oxygens (including phenoxy) is 2. The zero-order valence-electron chi connectivity index (χ0n) is 39.0. The Bertz CT molecular complexity index is 2500. The number of carbonyl (C=O) groups is 4. The number of fused-ring (bicyclic) bond motifs is 2. The van der Waals surface area contributed by atoms with E-state index >= 15 is 0 Å². The monoisotopic (exact) mass is 888 g/mol. The smallest absolute Gasteiger partial charge is 0.293 e. The number of hydrogen-bond acceptors (Lipinski definition) is 10. The molecule has 1 fully saturated rings. The number of amides is 3. The fourth-order valence-corrected chi connectivity index (χ4v) is 9.71. The molecule has 5 aromatic rings. The maximum Gasteiger partial charge on any atom is 0.293 e. The first-order valence-electron chi connectivity index (χ1n) is 22.8. The molecule has 65 heavy (non-hydrogen) atoms. The van der Waals surface area contributed by atoms with E-state index in [0.29, 0.717) is 51.1 Å². The summed E-state index contributed by atoms with van der Waals surface area (Å²) in [5, 5.41) is 17.0. The number of methoxy groups -OCH3 is 1. The van der Waals surface area contributed by atoms with Gasteiger partial charge in [-0.25, -0.2) is 10.4 Å². The Kier molecular flexibility index (Phi) is 14.4. The third-order valence-corrected chi connectivity index (χ3v) is 12.9. The minimum Gasteiger partial charge on any atom is -0.508 e. The molecule has 15 heteroatoms. The van der Waals surface area contributed by atoms with E-state index < -0.39 is 23.4 Å². The number of aromatic nitrogens is 4. The Morgan fingerprint density at radius 1 is 1.06 bits per heavy atom. The molecule has 3 N–H and O–H groups in total. The fraction of sp³-hybridized carbons (Fsp3) is 0.480. The molecule has 0 bridgehead atoms. The number of nitrogens with zero attached hydrogens (tertiary/aromatic N) is 6. The second kappa shape index (κ2) is 20.0. The summed E-state index contributed by atoms with van der Waals surface area (Å²) in [6.07, 6.45) is 7.99. The van der Waals surface area contributed by atoms with Crippen LogP contribution in [-0.2, 0) is 61.0 Å². The summed E-state index contributed by atoms with van der Waals surface area (Å²) >= 11 is 0. The molecule has 7 rings (SSSR count). The number of pyridine rings is 1. The molecule has 2 aliphatic heterocycles. The van der Waals surface area contributed by atoms with Crippen LogP contribution in [0.3, 0.4) is 0 Å². The number of carbonyl (C=O) groups excluding carboxylic acids is 4. The van der Waals surface area contributed by atoms with E-state index in [0.717, 1.165) is 63.2 Å². The van der Waals surface area contributed by atoms with Gasteiger partial charge < -0.3 is 33.9 Å². The second-order valence-electron chi connectivity index (χ2n) is 18.7. The zero-order chi connectivity index (χ0) is 46.6. The van der Waals surface area contributed by atoms with Gasteiger partial charge >= 0.3 is 0 Å². The number of hydrogen-bond donors (Lipinski definition) is 3. The predicted molar refractivity (Wildman–Crippen MR) is 248 cm³/mol. The molecular formula is C50H64N8O7. The molecule has 5 heterocycles. The minimum absolute atomic E-state index is 0.0147. The van der Waals surface area contributed by atoms with E-state index in [4.69, 9.17) is 14.5 Å². The lowest BCUT2D eigenvalue weighted by Crippen LogP contribution is -2.59. The first-order valence-corrected chi connectivity index (χ1v) is 22.8. The van der Waals surface area contributed by atoms with Crippen LogP contribution >= 0.6 is 0 Å². The van der Waals surface area contributed by atoms with Gasteiger partial charge in [0.05, 0.1) is 30.0 Å². The Morgan fingerprint density at radius 2 is 1.86 bits per heavy atom. The predicted octanol–water partition coefficient (Wildman–Crippen LogP) is 6.25. The maximum absolute atomic E-state index is 14.4. The lowest BCUT2D eigenvalue weighted by atomic mass is 9.84. The average molecular weight is 889 g/mol. The number of likely N-dealkylation sites (N-methyl/N-ethyl adjacent to an activating group) is 1. The fourth-order valence-electron chi connectivity index (χ4n) is 9.71. The first kappa shape index (κ1) is 46.9. The van der Waals surface area contributed by atoms with Crippen LogP contribution in [0.15, 0.2) is 67.1 Å².